The largest absolute Gasteiger partial charge is 0.499 e. The molecule has 2 N–H and O–H groups in total. The van der Waals surface area contributed by atoms with Gasteiger partial charge in [-0.1, -0.05) is 12.2 Å². The summed E-state index contributed by atoms with van der Waals surface area (Å²) < 4.78 is 5.33. The SMILES string of the molecule is COC1=CC(/C=C/CCN)=CN(C)C1C. The highest BCUT2D eigenvalue weighted by Gasteiger charge is 2.16. The van der Waals surface area contributed by atoms with Crippen LogP contribution >= 0.6 is 0 Å². The molecule has 15 heavy (non-hydrogen) atoms. The van der Waals surface area contributed by atoms with E-state index in [2.05, 4.69) is 36.3 Å². The van der Waals surface area contributed by atoms with Gasteiger partial charge >= 0.3 is 0 Å². The molecule has 0 aliphatic carbocycles. The number of ether oxygens (including phenoxy) is 1. The van der Waals surface area contributed by atoms with Gasteiger partial charge in [0.15, 0.2) is 0 Å². The third-order valence-corrected chi connectivity index (χ3v) is 2.56. The zero-order valence-corrected chi connectivity index (χ0v) is 9.73. The molecule has 0 saturated heterocycles. The molecule has 1 unspecified atom stereocenters. The first-order chi connectivity index (χ1) is 7.19. The molecule has 0 saturated carbocycles. The Balaban J connectivity index is 2.73. The zero-order valence-electron chi connectivity index (χ0n) is 9.73. The second-order valence-corrected chi connectivity index (χ2v) is 3.70. The van der Waals surface area contributed by atoms with Crippen molar-refractivity contribution in [2.75, 3.05) is 20.7 Å². The summed E-state index contributed by atoms with van der Waals surface area (Å²) in [6.07, 6.45) is 9.25. The first-order valence-corrected chi connectivity index (χ1v) is 5.25. The van der Waals surface area contributed by atoms with E-state index in [0.717, 1.165) is 17.8 Å². The summed E-state index contributed by atoms with van der Waals surface area (Å²) in [6, 6.07) is 0.307. The van der Waals surface area contributed by atoms with Gasteiger partial charge in [-0.05, 0) is 31.5 Å². The quantitative estimate of drug-likeness (QED) is 0.763. The van der Waals surface area contributed by atoms with Crippen LogP contribution in [0.5, 0.6) is 0 Å². The summed E-state index contributed by atoms with van der Waals surface area (Å²) in [4.78, 5) is 2.14. The Labute approximate surface area is 91.9 Å². The molecule has 0 amide bonds. The van der Waals surface area contributed by atoms with Crippen LogP contribution in [0, 0.1) is 0 Å². The molecule has 1 atom stereocenters. The van der Waals surface area contributed by atoms with Crippen molar-refractivity contribution in [2.24, 2.45) is 5.73 Å². The summed E-state index contributed by atoms with van der Waals surface area (Å²) >= 11 is 0. The molecular formula is C12H20N2O. The van der Waals surface area contributed by atoms with Crippen molar-refractivity contribution in [1.29, 1.82) is 0 Å². The average Bonchev–Trinajstić information content (AvgIpc) is 2.23. The van der Waals surface area contributed by atoms with E-state index in [-0.39, 0.29) is 0 Å². The van der Waals surface area contributed by atoms with E-state index in [1.54, 1.807) is 7.11 Å². The van der Waals surface area contributed by atoms with Crippen LogP contribution in [-0.4, -0.2) is 31.6 Å². The second kappa shape index (κ2) is 5.61. The number of hydrogen-bond acceptors (Lipinski definition) is 3. The van der Waals surface area contributed by atoms with Crippen LogP contribution in [0.3, 0.4) is 0 Å². The van der Waals surface area contributed by atoms with Gasteiger partial charge in [0.2, 0.25) is 0 Å². The summed E-state index contributed by atoms with van der Waals surface area (Å²) in [5.74, 6) is 0.993. The minimum Gasteiger partial charge on any atom is -0.499 e. The van der Waals surface area contributed by atoms with Crippen molar-refractivity contribution in [2.45, 2.75) is 19.4 Å². The Kier molecular flexibility index (Phi) is 4.43. The molecule has 3 heteroatoms. The van der Waals surface area contributed by atoms with E-state index in [1.807, 2.05) is 7.05 Å². The molecule has 0 spiro atoms. The highest BCUT2D eigenvalue weighted by molar-refractivity contribution is 5.36. The van der Waals surface area contributed by atoms with E-state index < -0.39 is 0 Å². The number of nitrogens with two attached hydrogens (primary N) is 1. The lowest BCUT2D eigenvalue weighted by Crippen LogP contribution is -2.29. The van der Waals surface area contributed by atoms with E-state index in [9.17, 15) is 0 Å². The van der Waals surface area contributed by atoms with Gasteiger partial charge in [-0.25, -0.2) is 0 Å². The normalized spacial score (nSPS) is 21.6. The maximum atomic E-state index is 5.43. The highest BCUT2D eigenvalue weighted by Crippen LogP contribution is 2.20. The maximum Gasteiger partial charge on any atom is 0.118 e. The Hall–Kier alpha value is -1.22. The Morgan fingerprint density at radius 3 is 2.93 bits per heavy atom. The van der Waals surface area contributed by atoms with Crippen molar-refractivity contribution < 1.29 is 4.74 Å². The van der Waals surface area contributed by atoms with Crippen molar-refractivity contribution in [3.8, 4) is 0 Å². The first-order valence-electron chi connectivity index (χ1n) is 5.25. The lowest BCUT2D eigenvalue weighted by Gasteiger charge is -2.28. The van der Waals surface area contributed by atoms with E-state index in [4.69, 9.17) is 10.5 Å². The van der Waals surface area contributed by atoms with Crippen LogP contribution < -0.4 is 5.73 Å². The van der Waals surface area contributed by atoms with Crippen LogP contribution in [-0.2, 0) is 4.74 Å². The smallest absolute Gasteiger partial charge is 0.118 e. The van der Waals surface area contributed by atoms with E-state index in [1.165, 1.54) is 0 Å². The zero-order chi connectivity index (χ0) is 11.3. The molecule has 0 aromatic heterocycles. The van der Waals surface area contributed by atoms with Gasteiger partial charge in [0.1, 0.15) is 5.76 Å². The maximum absolute atomic E-state index is 5.43. The Morgan fingerprint density at radius 2 is 2.33 bits per heavy atom. The van der Waals surface area contributed by atoms with E-state index >= 15 is 0 Å². The van der Waals surface area contributed by atoms with Gasteiger partial charge in [-0.2, -0.15) is 0 Å². The monoisotopic (exact) mass is 208 g/mol. The van der Waals surface area contributed by atoms with Crippen molar-refractivity contribution >= 4 is 0 Å². The molecule has 1 heterocycles. The molecular weight excluding hydrogens is 188 g/mol. The molecule has 0 aromatic rings. The van der Waals surface area contributed by atoms with Crippen LogP contribution in [0.25, 0.3) is 0 Å². The predicted octanol–water partition coefficient (Wildman–Crippen LogP) is 1.64. The van der Waals surface area contributed by atoms with Gasteiger partial charge in [0.05, 0.1) is 13.2 Å². The minimum atomic E-state index is 0.307. The van der Waals surface area contributed by atoms with Crippen LogP contribution in [0.4, 0.5) is 0 Å². The molecule has 84 valence electrons. The van der Waals surface area contributed by atoms with Crippen molar-refractivity contribution in [1.82, 2.24) is 4.90 Å². The first kappa shape index (κ1) is 11.9. The Bertz CT molecular complexity index is 292. The van der Waals surface area contributed by atoms with Gasteiger partial charge in [-0.3, -0.25) is 0 Å². The van der Waals surface area contributed by atoms with Gasteiger partial charge in [0, 0.05) is 13.2 Å². The van der Waals surface area contributed by atoms with Gasteiger partial charge in [0.25, 0.3) is 0 Å². The number of allylic oxidation sites excluding steroid dienone is 3. The van der Waals surface area contributed by atoms with Crippen LogP contribution in [0.15, 0.2) is 35.8 Å². The minimum absolute atomic E-state index is 0.307. The number of methoxy groups -OCH3 is 1. The molecule has 0 fully saturated rings. The van der Waals surface area contributed by atoms with E-state index in [0.29, 0.717) is 12.6 Å². The molecule has 1 aliphatic heterocycles. The Morgan fingerprint density at radius 1 is 1.60 bits per heavy atom. The third kappa shape index (κ3) is 3.13. The molecule has 0 radical (unpaired) electrons. The third-order valence-electron chi connectivity index (χ3n) is 2.56. The average molecular weight is 208 g/mol. The topological polar surface area (TPSA) is 38.5 Å². The fourth-order valence-corrected chi connectivity index (χ4v) is 1.51. The second-order valence-electron chi connectivity index (χ2n) is 3.70. The fraction of sp³-hybridized carbons (Fsp3) is 0.500. The molecule has 1 rings (SSSR count). The van der Waals surface area contributed by atoms with Crippen LogP contribution in [0.2, 0.25) is 0 Å². The fourth-order valence-electron chi connectivity index (χ4n) is 1.51. The van der Waals surface area contributed by atoms with Gasteiger partial charge < -0.3 is 15.4 Å². The summed E-state index contributed by atoms with van der Waals surface area (Å²) in [5.41, 5.74) is 6.58. The number of rotatable bonds is 4. The molecule has 3 nitrogen and oxygen atoms in total. The highest BCUT2D eigenvalue weighted by atomic mass is 16.5. The van der Waals surface area contributed by atoms with Crippen molar-refractivity contribution in [3.63, 3.8) is 0 Å². The number of nitrogens with zero attached hydrogens (tertiary/aromatic N) is 1. The lowest BCUT2D eigenvalue weighted by atomic mass is 10.1. The predicted molar refractivity (Wildman–Crippen MR) is 63.2 cm³/mol. The molecule has 0 bridgehead atoms. The molecule has 1 aliphatic rings. The standard InChI is InChI=1S/C12H20N2O/c1-10-12(15-3)8-11(9-14(10)2)6-4-5-7-13/h4,6,8-10H,5,7,13H2,1-3H3/b6-4+. The van der Waals surface area contributed by atoms with Gasteiger partial charge in [-0.15, -0.1) is 0 Å². The molecule has 0 aromatic carbocycles. The summed E-state index contributed by atoms with van der Waals surface area (Å²) in [6.45, 7) is 2.81. The summed E-state index contributed by atoms with van der Waals surface area (Å²) in [5, 5.41) is 0. The summed E-state index contributed by atoms with van der Waals surface area (Å²) in [7, 11) is 3.76. The number of hydrogen-bond donors (Lipinski definition) is 1. The number of likely N-dealkylation sites (N-methyl/N-ethyl adjacent to an activating group) is 1. The van der Waals surface area contributed by atoms with Crippen molar-refractivity contribution in [3.05, 3.63) is 35.8 Å². The van der Waals surface area contributed by atoms with Crippen LogP contribution in [0.1, 0.15) is 13.3 Å². The lowest BCUT2D eigenvalue weighted by molar-refractivity contribution is 0.212.